The highest BCUT2D eigenvalue weighted by Crippen LogP contribution is 2.43. The molecule has 3 unspecified atom stereocenters. The summed E-state index contributed by atoms with van der Waals surface area (Å²) >= 11 is 0. The van der Waals surface area contributed by atoms with Gasteiger partial charge in [-0.05, 0) is 109 Å². The molecule has 0 aromatic rings. The van der Waals surface area contributed by atoms with Gasteiger partial charge in [0, 0.05) is 12.8 Å². The zero-order chi connectivity index (χ0) is 62.1. The third-order valence-electron chi connectivity index (χ3n) is 15.5. The van der Waals surface area contributed by atoms with Crippen molar-refractivity contribution < 1.29 is 37.3 Å². The summed E-state index contributed by atoms with van der Waals surface area (Å²) in [6.07, 6.45) is 86.9. The van der Waals surface area contributed by atoms with Gasteiger partial charge in [-0.15, -0.1) is 0 Å². The first-order chi connectivity index (χ1) is 41.4. The lowest BCUT2D eigenvalue weighted by Gasteiger charge is -2.27. The van der Waals surface area contributed by atoms with Crippen LogP contribution in [-0.2, 0) is 27.9 Å². The van der Waals surface area contributed by atoms with E-state index in [1.165, 1.54) is 173 Å². The number of nitrogens with one attached hydrogen (secondary N) is 1. The average Bonchev–Trinajstić information content (AvgIpc) is 3.52. The minimum atomic E-state index is -4.46. The first-order valence-electron chi connectivity index (χ1n) is 35.6. The van der Waals surface area contributed by atoms with Gasteiger partial charge in [0.1, 0.15) is 19.3 Å². The molecular formula is C75H136N2O7P+. The smallest absolute Gasteiger partial charge is 0.456 e. The van der Waals surface area contributed by atoms with Crippen molar-refractivity contribution in [1.82, 2.24) is 5.32 Å². The minimum Gasteiger partial charge on any atom is -0.456 e. The van der Waals surface area contributed by atoms with Gasteiger partial charge in [0.2, 0.25) is 5.91 Å². The number of phosphoric acid groups is 1. The van der Waals surface area contributed by atoms with Gasteiger partial charge in [-0.3, -0.25) is 18.6 Å². The van der Waals surface area contributed by atoms with Crippen molar-refractivity contribution in [3.63, 3.8) is 0 Å². The van der Waals surface area contributed by atoms with Crippen LogP contribution in [0.2, 0.25) is 0 Å². The molecule has 0 heterocycles. The predicted octanol–water partition coefficient (Wildman–Crippen LogP) is 22.7. The van der Waals surface area contributed by atoms with Crippen LogP contribution in [0.3, 0.4) is 0 Å². The van der Waals surface area contributed by atoms with Crippen molar-refractivity contribution in [3.8, 4) is 0 Å². The number of rotatable bonds is 64. The lowest BCUT2D eigenvalue weighted by Crippen LogP contribution is -2.47. The second-order valence-electron chi connectivity index (χ2n) is 25.0. The number of hydrogen-bond acceptors (Lipinski definition) is 6. The lowest BCUT2D eigenvalue weighted by atomic mass is 10.0. The summed E-state index contributed by atoms with van der Waals surface area (Å²) < 4.78 is 30.8. The number of phosphoric ester groups is 1. The summed E-state index contributed by atoms with van der Waals surface area (Å²) in [5.41, 5.74) is 0. The summed E-state index contributed by atoms with van der Waals surface area (Å²) in [5.74, 6) is -0.513. The van der Waals surface area contributed by atoms with Crippen LogP contribution in [0.15, 0.2) is 97.2 Å². The number of carbonyl (C=O) groups is 2. The van der Waals surface area contributed by atoms with E-state index in [1.807, 2.05) is 33.3 Å². The molecule has 0 saturated carbocycles. The molecule has 9 nitrogen and oxygen atoms in total. The normalized spacial score (nSPS) is 14.1. The van der Waals surface area contributed by atoms with E-state index in [9.17, 15) is 19.0 Å². The van der Waals surface area contributed by atoms with E-state index in [4.69, 9.17) is 13.8 Å². The van der Waals surface area contributed by atoms with Gasteiger partial charge in [-0.25, -0.2) is 4.57 Å². The van der Waals surface area contributed by atoms with Crippen LogP contribution < -0.4 is 5.32 Å². The van der Waals surface area contributed by atoms with Crippen molar-refractivity contribution in [2.45, 2.75) is 328 Å². The van der Waals surface area contributed by atoms with E-state index in [2.05, 4.69) is 111 Å². The van der Waals surface area contributed by atoms with Gasteiger partial charge in [-0.1, -0.05) is 292 Å². The van der Waals surface area contributed by atoms with Crippen LogP contribution in [-0.4, -0.2) is 74.3 Å². The van der Waals surface area contributed by atoms with Crippen LogP contribution in [0.5, 0.6) is 0 Å². The Morgan fingerprint density at radius 3 is 1.15 bits per heavy atom. The van der Waals surface area contributed by atoms with Crippen LogP contribution in [0.25, 0.3) is 0 Å². The Balaban J connectivity index is 5.14. The van der Waals surface area contributed by atoms with Crippen molar-refractivity contribution in [2.24, 2.45) is 0 Å². The highest BCUT2D eigenvalue weighted by Gasteiger charge is 2.30. The van der Waals surface area contributed by atoms with E-state index in [1.54, 1.807) is 0 Å². The van der Waals surface area contributed by atoms with Crippen LogP contribution >= 0.6 is 7.82 Å². The second-order valence-corrected chi connectivity index (χ2v) is 26.5. The summed E-state index contributed by atoms with van der Waals surface area (Å²) in [6, 6.07) is -0.860. The zero-order valence-corrected chi connectivity index (χ0v) is 57.2. The van der Waals surface area contributed by atoms with Crippen molar-refractivity contribution in [2.75, 3.05) is 40.9 Å². The van der Waals surface area contributed by atoms with E-state index >= 15 is 0 Å². The molecule has 0 radical (unpaired) electrons. The monoisotopic (exact) mass is 1210 g/mol. The van der Waals surface area contributed by atoms with Crippen molar-refractivity contribution in [3.05, 3.63) is 97.2 Å². The molecule has 0 aromatic carbocycles. The number of nitrogens with zero attached hydrogens (tertiary/aromatic N) is 1. The molecule has 10 heteroatoms. The van der Waals surface area contributed by atoms with Gasteiger partial charge in [0.15, 0.2) is 0 Å². The first-order valence-corrected chi connectivity index (χ1v) is 37.1. The van der Waals surface area contributed by atoms with Crippen LogP contribution in [0.1, 0.15) is 316 Å². The summed E-state index contributed by atoms with van der Waals surface area (Å²) in [7, 11) is 1.49. The molecule has 1 amide bonds. The van der Waals surface area contributed by atoms with Crippen molar-refractivity contribution >= 4 is 19.7 Å². The molecule has 0 aliphatic rings. The quantitative estimate of drug-likeness (QED) is 0.0205. The maximum absolute atomic E-state index is 13.6. The van der Waals surface area contributed by atoms with Gasteiger partial charge in [0.05, 0.1) is 33.8 Å². The van der Waals surface area contributed by atoms with E-state index in [-0.39, 0.29) is 31.5 Å². The number of hydrogen-bond donors (Lipinski definition) is 2. The van der Waals surface area contributed by atoms with E-state index in [0.717, 1.165) is 109 Å². The van der Waals surface area contributed by atoms with E-state index < -0.39 is 20.0 Å². The number of unbranched alkanes of at least 4 members (excludes halogenated alkanes) is 34. The third kappa shape index (κ3) is 65.2. The fraction of sp³-hybridized carbons (Fsp3) is 0.760. The van der Waals surface area contributed by atoms with Crippen LogP contribution in [0.4, 0.5) is 0 Å². The Morgan fingerprint density at radius 1 is 0.424 bits per heavy atom. The Morgan fingerprint density at radius 2 is 0.753 bits per heavy atom. The number of carbonyl (C=O) groups excluding carboxylic acids is 2. The molecule has 85 heavy (non-hydrogen) atoms. The minimum absolute atomic E-state index is 0.0349. The van der Waals surface area contributed by atoms with Gasteiger partial charge < -0.3 is 19.4 Å². The molecule has 0 bridgehead atoms. The predicted molar refractivity (Wildman–Crippen MR) is 369 cm³/mol. The number of likely N-dealkylation sites (N-methyl/N-ethyl adjacent to an activating group) is 1. The Bertz CT molecular complexity index is 1780. The fourth-order valence-corrected chi connectivity index (χ4v) is 10.8. The Kier molecular flexibility index (Phi) is 61.6. The summed E-state index contributed by atoms with van der Waals surface area (Å²) in [5, 5.41) is 3.07. The number of esters is 1. The molecule has 0 aromatic heterocycles. The molecule has 0 fully saturated rings. The standard InChI is InChI=1S/C75H135N2O7P/c1-7-10-13-16-19-22-25-28-30-32-34-36-38-40-42-44-46-49-52-55-58-61-64-67-74(78)76-72(71-83-85(80,81)82-70-69-77(4,5)6)73(66-63-60-57-54-51-48-27-24-21-18-15-12-9-3)84-75(79)68-65-62-59-56-53-50-47-45-43-41-39-37-35-33-31-29-26-23-20-17-14-11-8-2/h11,14,19-20,22-23,28-31,35,37,41,43,63,66,72-73H,7-10,12-13,15-18,21,24-27,32-34,36,38-40,42,44-62,64-65,67-71H2,1-6H3,(H-,76,78,80,81)/p+1/b14-11-,22-19-,23-20-,30-28-,31-29-,37-35-,43-41-,66-63+. The lowest BCUT2D eigenvalue weighted by molar-refractivity contribution is -0.870. The zero-order valence-electron chi connectivity index (χ0n) is 56.3. The maximum atomic E-state index is 13.6. The highest BCUT2D eigenvalue weighted by atomic mass is 31.2. The molecule has 2 N–H and O–H groups in total. The van der Waals surface area contributed by atoms with Gasteiger partial charge in [-0.2, -0.15) is 0 Å². The first kappa shape index (κ1) is 81.9. The molecule has 492 valence electrons. The number of ether oxygens (including phenoxy) is 1. The molecule has 0 aliphatic heterocycles. The summed E-state index contributed by atoms with van der Waals surface area (Å²) in [4.78, 5) is 37.9. The molecule has 3 atom stereocenters. The topological polar surface area (TPSA) is 111 Å². The van der Waals surface area contributed by atoms with Crippen molar-refractivity contribution in [1.29, 1.82) is 0 Å². The molecule has 0 spiro atoms. The van der Waals surface area contributed by atoms with E-state index in [0.29, 0.717) is 17.4 Å². The highest BCUT2D eigenvalue weighted by molar-refractivity contribution is 7.47. The largest absolute Gasteiger partial charge is 0.472 e. The molecule has 0 saturated heterocycles. The fourth-order valence-electron chi connectivity index (χ4n) is 10.1. The Labute approximate surface area is 526 Å². The number of allylic oxidation sites excluding steroid dienone is 15. The van der Waals surface area contributed by atoms with Crippen LogP contribution in [0, 0.1) is 0 Å². The average molecular weight is 1210 g/mol. The molecule has 0 rings (SSSR count). The summed E-state index contributed by atoms with van der Waals surface area (Å²) in [6.45, 7) is 6.89. The number of quaternary nitrogens is 1. The SMILES string of the molecule is CC/C=C\C/C=C\C/C=C\C/C=C\C/C=C\CCCCCCCCCC(=O)OC(/C=C/CCCCCCCCCCCCC)C(COP(=O)(O)OCC[N+](C)(C)C)NC(=O)CCCCCCCCCCCCCCC/C=C\C/C=C\CCCCC. The Hall–Kier alpha value is -3.07. The van der Waals surface area contributed by atoms with Gasteiger partial charge in [0.25, 0.3) is 0 Å². The molecule has 0 aliphatic carbocycles. The maximum Gasteiger partial charge on any atom is 0.472 e. The molecular weight excluding hydrogens is 1070 g/mol. The number of amides is 1. The van der Waals surface area contributed by atoms with Gasteiger partial charge >= 0.3 is 13.8 Å². The second kappa shape index (κ2) is 63.9. The third-order valence-corrected chi connectivity index (χ3v) is 16.5.